The molecule has 1 aromatic heterocycles. The maximum absolute atomic E-state index is 12.3. The molecule has 1 saturated heterocycles. The predicted molar refractivity (Wildman–Crippen MR) is 103 cm³/mol. The second-order valence-electron chi connectivity index (χ2n) is 6.08. The first-order valence-electron chi connectivity index (χ1n) is 8.54. The summed E-state index contributed by atoms with van der Waals surface area (Å²) in [5, 5.41) is 2.36. The number of carbonyl (C=O) groups is 3. The van der Waals surface area contributed by atoms with E-state index < -0.39 is 5.97 Å². The van der Waals surface area contributed by atoms with Crippen LogP contribution in [-0.4, -0.2) is 60.4 Å². The molecule has 27 heavy (non-hydrogen) atoms. The molecule has 8 heteroatoms. The topological polar surface area (TPSA) is 66.9 Å². The zero-order valence-electron chi connectivity index (χ0n) is 14.6. The van der Waals surface area contributed by atoms with Crippen LogP contribution < -0.4 is 0 Å². The molecular weight excluding hydrogens is 388 g/mol. The van der Waals surface area contributed by atoms with Gasteiger partial charge in [0.15, 0.2) is 6.61 Å². The highest BCUT2D eigenvalue weighted by molar-refractivity contribution is 7.12. The van der Waals surface area contributed by atoms with Crippen LogP contribution in [0.3, 0.4) is 0 Å². The van der Waals surface area contributed by atoms with Crippen LogP contribution in [0.2, 0.25) is 5.02 Å². The summed E-state index contributed by atoms with van der Waals surface area (Å²) in [6.45, 7) is 1.49. The van der Waals surface area contributed by atoms with E-state index in [2.05, 4.69) is 0 Å². The van der Waals surface area contributed by atoms with Gasteiger partial charge in [-0.05, 0) is 23.1 Å². The molecular formula is C19H19ClN2O4S. The third-order valence-corrected chi connectivity index (χ3v) is 5.53. The third kappa shape index (κ3) is 5.08. The normalized spacial score (nSPS) is 14.1. The molecule has 2 amide bonds. The summed E-state index contributed by atoms with van der Waals surface area (Å²) < 4.78 is 5.08. The van der Waals surface area contributed by atoms with Crippen molar-refractivity contribution in [3.05, 3.63) is 57.2 Å². The lowest BCUT2D eigenvalue weighted by atomic mass is 10.1. The quantitative estimate of drug-likeness (QED) is 0.715. The Morgan fingerprint density at radius 1 is 1.00 bits per heavy atom. The van der Waals surface area contributed by atoms with E-state index in [1.165, 1.54) is 11.3 Å². The number of thiophene rings is 1. The van der Waals surface area contributed by atoms with E-state index in [-0.39, 0.29) is 24.8 Å². The molecule has 0 radical (unpaired) electrons. The van der Waals surface area contributed by atoms with Crippen LogP contribution >= 0.6 is 22.9 Å². The second-order valence-corrected chi connectivity index (χ2v) is 7.43. The number of hydrogen-bond acceptors (Lipinski definition) is 5. The molecule has 0 aliphatic carbocycles. The fourth-order valence-electron chi connectivity index (χ4n) is 2.80. The smallest absolute Gasteiger partial charge is 0.310 e. The van der Waals surface area contributed by atoms with Gasteiger partial charge >= 0.3 is 5.97 Å². The molecule has 6 nitrogen and oxygen atoms in total. The van der Waals surface area contributed by atoms with Gasteiger partial charge < -0.3 is 14.5 Å². The molecule has 0 N–H and O–H groups in total. The van der Waals surface area contributed by atoms with E-state index in [0.717, 1.165) is 0 Å². The molecule has 0 unspecified atom stereocenters. The standard InChI is InChI=1S/C19H19ClN2O4S/c20-15-5-2-1-4-14(15)12-18(24)26-13-17(23)21-7-9-22(10-8-21)19(25)16-6-3-11-27-16/h1-6,11H,7-10,12-13H2. The van der Waals surface area contributed by atoms with E-state index in [1.807, 2.05) is 11.4 Å². The van der Waals surface area contributed by atoms with E-state index in [9.17, 15) is 14.4 Å². The van der Waals surface area contributed by atoms with Crippen LogP contribution in [0, 0.1) is 0 Å². The van der Waals surface area contributed by atoms with Gasteiger partial charge in [0.2, 0.25) is 0 Å². The van der Waals surface area contributed by atoms with Crippen LogP contribution in [0.1, 0.15) is 15.2 Å². The van der Waals surface area contributed by atoms with Crippen LogP contribution in [0.5, 0.6) is 0 Å². The Kier molecular flexibility index (Phi) is 6.47. The van der Waals surface area contributed by atoms with Gasteiger partial charge in [-0.2, -0.15) is 0 Å². The molecule has 2 heterocycles. The van der Waals surface area contributed by atoms with Crippen LogP contribution in [0.4, 0.5) is 0 Å². The lowest BCUT2D eigenvalue weighted by Gasteiger charge is -2.34. The number of amides is 2. The summed E-state index contributed by atoms with van der Waals surface area (Å²) in [5.74, 6) is -0.767. The van der Waals surface area contributed by atoms with Crippen molar-refractivity contribution >= 4 is 40.7 Å². The fraction of sp³-hybridized carbons (Fsp3) is 0.316. The van der Waals surface area contributed by atoms with Crippen molar-refractivity contribution in [1.82, 2.24) is 9.80 Å². The molecule has 1 aliphatic rings. The number of esters is 1. The number of hydrogen-bond donors (Lipinski definition) is 0. The molecule has 2 aromatic rings. The number of rotatable bonds is 5. The Balaban J connectivity index is 1.42. The highest BCUT2D eigenvalue weighted by Gasteiger charge is 2.25. The Morgan fingerprint density at radius 3 is 2.37 bits per heavy atom. The first-order chi connectivity index (χ1) is 13.0. The van der Waals surface area contributed by atoms with Gasteiger partial charge in [-0.3, -0.25) is 14.4 Å². The average Bonchev–Trinajstić information content (AvgIpc) is 3.22. The van der Waals surface area contributed by atoms with Crippen molar-refractivity contribution < 1.29 is 19.1 Å². The van der Waals surface area contributed by atoms with Gasteiger partial charge in [0.05, 0.1) is 11.3 Å². The summed E-state index contributed by atoms with van der Waals surface area (Å²) in [6.07, 6.45) is 0.0239. The maximum atomic E-state index is 12.3. The number of ether oxygens (including phenoxy) is 1. The summed E-state index contributed by atoms with van der Waals surface area (Å²) >= 11 is 7.42. The molecule has 0 saturated carbocycles. The lowest BCUT2D eigenvalue weighted by Crippen LogP contribution is -2.51. The molecule has 1 aromatic carbocycles. The van der Waals surface area contributed by atoms with E-state index in [4.69, 9.17) is 16.3 Å². The van der Waals surface area contributed by atoms with E-state index >= 15 is 0 Å². The molecule has 0 spiro atoms. The van der Waals surface area contributed by atoms with Crippen LogP contribution in [0.15, 0.2) is 41.8 Å². The Morgan fingerprint density at radius 2 is 1.70 bits per heavy atom. The zero-order chi connectivity index (χ0) is 19.2. The Hall–Kier alpha value is -2.38. The first kappa shape index (κ1) is 19.4. The summed E-state index contributed by atoms with van der Waals surface area (Å²) in [7, 11) is 0. The number of halogens is 1. The number of piperazine rings is 1. The number of benzene rings is 1. The van der Waals surface area contributed by atoms with Crippen molar-refractivity contribution in [3.63, 3.8) is 0 Å². The first-order valence-corrected chi connectivity index (χ1v) is 9.80. The lowest BCUT2D eigenvalue weighted by molar-refractivity contribution is -0.152. The van der Waals surface area contributed by atoms with Crippen LogP contribution in [-0.2, 0) is 20.7 Å². The summed E-state index contributed by atoms with van der Waals surface area (Å²) in [5.41, 5.74) is 0.664. The zero-order valence-corrected chi connectivity index (χ0v) is 16.2. The highest BCUT2D eigenvalue weighted by atomic mass is 35.5. The monoisotopic (exact) mass is 406 g/mol. The maximum Gasteiger partial charge on any atom is 0.310 e. The average molecular weight is 407 g/mol. The molecule has 1 fully saturated rings. The Labute approximate surface area is 166 Å². The van der Waals surface area contributed by atoms with Crippen molar-refractivity contribution in [2.45, 2.75) is 6.42 Å². The van der Waals surface area contributed by atoms with Gasteiger partial charge in [0.25, 0.3) is 11.8 Å². The van der Waals surface area contributed by atoms with Crippen molar-refractivity contribution in [2.75, 3.05) is 32.8 Å². The van der Waals surface area contributed by atoms with Crippen molar-refractivity contribution in [2.24, 2.45) is 0 Å². The predicted octanol–water partition coefficient (Wildman–Crippen LogP) is 2.47. The van der Waals surface area contributed by atoms with Gasteiger partial charge in [-0.15, -0.1) is 11.3 Å². The van der Waals surface area contributed by atoms with Crippen LogP contribution in [0.25, 0.3) is 0 Å². The Bertz CT molecular complexity index is 817. The largest absolute Gasteiger partial charge is 0.455 e. The van der Waals surface area contributed by atoms with Crippen molar-refractivity contribution in [1.29, 1.82) is 0 Å². The number of nitrogens with zero attached hydrogens (tertiary/aromatic N) is 2. The van der Waals surface area contributed by atoms with E-state index in [0.29, 0.717) is 41.6 Å². The SMILES string of the molecule is O=C(Cc1ccccc1Cl)OCC(=O)N1CCN(C(=O)c2cccs2)CC1. The third-order valence-electron chi connectivity index (χ3n) is 4.30. The van der Waals surface area contributed by atoms with E-state index in [1.54, 1.807) is 40.1 Å². The fourth-order valence-corrected chi connectivity index (χ4v) is 3.69. The molecule has 3 rings (SSSR count). The minimum absolute atomic E-state index is 0.0109. The summed E-state index contributed by atoms with van der Waals surface area (Å²) in [4.78, 5) is 40.5. The second kappa shape index (κ2) is 9.01. The summed E-state index contributed by atoms with van der Waals surface area (Å²) in [6, 6.07) is 10.7. The van der Waals surface area contributed by atoms with Gasteiger partial charge in [-0.25, -0.2) is 0 Å². The molecule has 0 bridgehead atoms. The minimum atomic E-state index is -0.497. The number of carbonyl (C=O) groups excluding carboxylic acids is 3. The molecule has 142 valence electrons. The molecule has 0 atom stereocenters. The highest BCUT2D eigenvalue weighted by Crippen LogP contribution is 2.16. The van der Waals surface area contributed by atoms with Gasteiger partial charge in [0.1, 0.15) is 0 Å². The van der Waals surface area contributed by atoms with Gasteiger partial charge in [0, 0.05) is 31.2 Å². The molecule has 1 aliphatic heterocycles. The van der Waals surface area contributed by atoms with Crippen molar-refractivity contribution in [3.8, 4) is 0 Å². The van der Waals surface area contributed by atoms with Gasteiger partial charge in [-0.1, -0.05) is 35.9 Å². The minimum Gasteiger partial charge on any atom is -0.455 e.